The lowest BCUT2D eigenvalue weighted by Gasteiger charge is -2.33. The lowest BCUT2D eigenvalue weighted by molar-refractivity contribution is 0.312. The number of likely N-dealkylation sites (N-methyl/N-ethyl adjacent to an activating group) is 1. The Labute approximate surface area is 178 Å². The van der Waals surface area contributed by atoms with Gasteiger partial charge in [0.25, 0.3) is 0 Å². The first-order valence-corrected chi connectivity index (χ1v) is 9.17. The second-order valence-corrected chi connectivity index (χ2v) is 6.68. The number of hydrogen-bond donors (Lipinski definition) is 2. The standard InChI is InChI=1S/C20H28N6.HI/c1-25-11-13-26(14-12-25)19-8-7-18(15-23-19)16-24-20(21)22-10-9-17-5-3-2-4-6-17;/h2-8,15H,9-14,16H2,1H3,(H3,21,22,24);1H. The van der Waals surface area contributed by atoms with Crippen molar-refractivity contribution in [3.63, 3.8) is 0 Å². The summed E-state index contributed by atoms with van der Waals surface area (Å²) in [6, 6.07) is 14.5. The molecule has 0 radical (unpaired) electrons. The number of aromatic nitrogens is 1. The van der Waals surface area contributed by atoms with E-state index in [0.717, 1.165) is 50.5 Å². The number of guanidine groups is 1. The molecule has 1 aromatic carbocycles. The molecule has 1 fully saturated rings. The molecule has 1 aromatic heterocycles. The number of nitrogens with zero attached hydrogens (tertiary/aromatic N) is 4. The summed E-state index contributed by atoms with van der Waals surface area (Å²) in [7, 11) is 2.16. The van der Waals surface area contributed by atoms with Gasteiger partial charge in [-0.1, -0.05) is 36.4 Å². The Hall–Kier alpha value is -1.87. The second kappa shape index (κ2) is 11.1. The van der Waals surface area contributed by atoms with E-state index in [9.17, 15) is 0 Å². The fourth-order valence-electron chi connectivity index (χ4n) is 2.94. The highest BCUT2D eigenvalue weighted by atomic mass is 127. The van der Waals surface area contributed by atoms with Gasteiger partial charge >= 0.3 is 0 Å². The monoisotopic (exact) mass is 480 g/mol. The highest BCUT2D eigenvalue weighted by molar-refractivity contribution is 14.0. The van der Waals surface area contributed by atoms with Gasteiger partial charge in [-0.25, -0.2) is 9.98 Å². The van der Waals surface area contributed by atoms with Crippen LogP contribution in [0.5, 0.6) is 0 Å². The van der Waals surface area contributed by atoms with E-state index in [1.54, 1.807) is 0 Å². The molecule has 0 aliphatic carbocycles. The van der Waals surface area contributed by atoms with Gasteiger partial charge in [0.2, 0.25) is 0 Å². The Kier molecular flexibility index (Phi) is 8.80. The Morgan fingerprint density at radius 2 is 1.81 bits per heavy atom. The van der Waals surface area contributed by atoms with Crippen LogP contribution in [0.25, 0.3) is 0 Å². The van der Waals surface area contributed by atoms with E-state index >= 15 is 0 Å². The maximum Gasteiger partial charge on any atom is 0.188 e. The van der Waals surface area contributed by atoms with E-state index in [2.05, 4.69) is 56.4 Å². The number of benzene rings is 1. The van der Waals surface area contributed by atoms with Crippen LogP contribution in [0.4, 0.5) is 5.82 Å². The summed E-state index contributed by atoms with van der Waals surface area (Å²) in [6.07, 6.45) is 2.83. The van der Waals surface area contributed by atoms with Gasteiger partial charge in [0.15, 0.2) is 5.96 Å². The number of piperazine rings is 1. The molecular weight excluding hydrogens is 451 g/mol. The third kappa shape index (κ3) is 6.99. The van der Waals surface area contributed by atoms with E-state index in [1.165, 1.54) is 5.56 Å². The van der Waals surface area contributed by atoms with Crippen molar-refractivity contribution in [1.29, 1.82) is 0 Å². The summed E-state index contributed by atoms with van der Waals surface area (Å²) >= 11 is 0. The molecule has 1 aliphatic rings. The number of nitrogens with two attached hydrogens (primary N) is 1. The number of hydrogen-bond acceptors (Lipinski definition) is 4. The van der Waals surface area contributed by atoms with E-state index < -0.39 is 0 Å². The molecule has 2 aromatic rings. The van der Waals surface area contributed by atoms with Crippen molar-refractivity contribution in [2.75, 3.05) is 44.7 Å². The molecule has 1 aliphatic heterocycles. The summed E-state index contributed by atoms with van der Waals surface area (Å²) in [5.74, 6) is 1.52. The van der Waals surface area contributed by atoms with Crippen LogP contribution in [-0.4, -0.2) is 55.6 Å². The van der Waals surface area contributed by atoms with E-state index in [4.69, 9.17) is 5.73 Å². The Morgan fingerprint density at radius 1 is 1.07 bits per heavy atom. The number of rotatable bonds is 6. The zero-order valence-corrected chi connectivity index (χ0v) is 18.2. The van der Waals surface area contributed by atoms with Crippen LogP contribution in [0.2, 0.25) is 0 Å². The van der Waals surface area contributed by atoms with Gasteiger partial charge in [0, 0.05) is 38.9 Å². The summed E-state index contributed by atoms with van der Waals surface area (Å²) in [6.45, 7) is 5.54. The van der Waals surface area contributed by atoms with E-state index in [1.807, 2.05) is 24.4 Å². The Bertz CT molecular complexity index is 696. The third-order valence-electron chi connectivity index (χ3n) is 4.63. The summed E-state index contributed by atoms with van der Waals surface area (Å²) in [5, 5.41) is 3.16. The molecule has 0 saturated carbocycles. The average molecular weight is 480 g/mol. The van der Waals surface area contributed by atoms with Crippen LogP contribution >= 0.6 is 24.0 Å². The van der Waals surface area contributed by atoms with Crippen LogP contribution in [0.3, 0.4) is 0 Å². The van der Waals surface area contributed by atoms with Crippen LogP contribution in [-0.2, 0) is 13.0 Å². The van der Waals surface area contributed by atoms with Gasteiger partial charge in [-0.2, -0.15) is 0 Å². The van der Waals surface area contributed by atoms with Crippen LogP contribution in [0.1, 0.15) is 11.1 Å². The smallest absolute Gasteiger partial charge is 0.188 e. The van der Waals surface area contributed by atoms with Crippen molar-refractivity contribution in [1.82, 2.24) is 15.2 Å². The first-order chi connectivity index (χ1) is 12.7. The molecule has 146 valence electrons. The minimum atomic E-state index is 0. The predicted molar refractivity (Wildman–Crippen MR) is 123 cm³/mol. The quantitative estimate of drug-likeness (QED) is 0.377. The van der Waals surface area contributed by atoms with E-state index in [0.29, 0.717) is 12.5 Å². The molecule has 0 amide bonds. The number of nitrogens with one attached hydrogen (secondary N) is 1. The molecule has 3 N–H and O–H groups in total. The summed E-state index contributed by atoms with van der Waals surface area (Å²) in [5.41, 5.74) is 8.30. The fourth-order valence-corrected chi connectivity index (χ4v) is 2.94. The van der Waals surface area contributed by atoms with Crippen molar-refractivity contribution in [2.24, 2.45) is 10.7 Å². The van der Waals surface area contributed by atoms with Gasteiger partial charge < -0.3 is 20.9 Å². The first-order valence-electron chi connectivity index (χ1n) is 9.17. The Morgan fingerprint density at radius 3 is 2.48 bits per heavy atom. The SMILES string of the molecule is CN1CCN(c2ccc(CN=C(N)NCCc3ccccc3)cn2)CC1.I. The van der Waals surface area contributed by atoms with E-state index in [-0.39, 0.29) is 24.0 Å². The highest BCUT2D eigenvalue weighted by Crippen LogP contribution is 2.13. The van der Waals surface area contributed by atoms with Crippen LogP contribution in [0, 0.1) is 0 Å². The molecule has 0 atom stereocenters. The number of pyridine rings is 1. The molecular formula is C20H29IN6. The van der Waals surface area contributed by atoms with Gasteiger partial charge in [-0.15, -0.1) is 24.0 Å². The van der Waals surface area contributed by atoms with Gasteiger partial charge in [0.1, 0.15) is 5.82 Å². The van der Waals surface area contributed by atoms with Crippen molar-refractivity contribution in [3.05, 3.63) is 59.8 Å². The van der Waals surface area contributed by atoms with Crippen molar-refractivity contribution >= 4 is 35.8 Å². The average Bonchev–Trinajstić information content (AvgIpc) is 2.68. The number of aliphatic imine (C=N–C) groups is 1. The number of anilines is 1. The van der Waals surface area contributed by atoms with Gasteiger partial charge in [-0.3, -0.25) is 0 Å². The lowest BCUT2D eigenvalue weighted by Crippen LogP contribution is -2.44. The molecule has 0 spiro atoms. The maximum absolute atomic E-state index is 5.95. The Balaban J connectivity index is 0.00000261. The van der Waals surface area contributed by atoms with Crippen molar-refractivity contribution in [3.8, 4) is 0 Å². The highest BCUT2D eigenvalue weighted by Gasteiger charge is 2.14. The molecule has 0 unspecified atom stereocenters. The molecule has 7 heteroatoms. The normalized spacial score (nSPS) is 15.3. The minimum Gasteiger partial charge on any atom is -0.370 e. The zero-order chi connectivity index (χ0) is 18.2. The van der Waals surface area contributed by atoms with Crippen molar-refractivity contribution < 1.29 is 0 Å². The molecule has 6 nitrogen and oxygen atoms in total. The van der Waals surface area contributed by atoms with Crippen LogP contribution in [0.15, 0.2) is 53.7 Å². The molecule has 0 bridgehead atoms. The summed E-state index contributed by atoms with van der Waals surface area (Å²) in [4.78, 5) is 13.7. The van der Waals surface area contributed by atoms with Crippen LogP contribution < -0.4 is 16.0 Å². The summed E-state index contributed by atoms with van der Waals surface area (Å²) < 4.78 is 0. The molecule has 27 heavy (non-hydrogen) atoms. The third-order valence-corrected chi connectivity index (χ3v) is 4.63. The topological polar surface area (TPSA) is 69.8 Å². The second-order valence-electron chi connectivity index (χ2n) is 6.68. The molecule has 2 heterocycles. The maximum atomic E-state index is 5.95. The minimum absolute atomic E-state index is 0. The fraction of sp³-hybridized carbons (Fsp3) is 0.400. The van der Waals surface area contributed by atoms with Gasteiger partial charge in [0.05, 0.1) is 6.54 Å². The van der Waals surface area contributed by atoms with Gasteiger partial charge in [-0.05, 0) is 30.7 Å². The zero-order valence-electron chi connectivity index (χ0n) is 15.8. The predicted octanol–water partition coefficient (Wildman–Crippen LogP) is 2.10. The first kappa shape index (κ1) is 21.4. The number of halogens is 1. The van der Waals surface area contributed by atoms with Crippen molar-refractivity contribution in [2.45, 2.75) is 13.0 Å². The molecule has 3 rings (SSSR count). The largest absolute Gasteiger partial charge is 0.370 e. The molecule has 1 saturated heterocycles. The lowest BCUT2D eigenvalue weighted by atomic mass is 10.1.